The smallest absolute Gasteiger partial charge is 0.272 e. The lowest BCUT2D eigenvalue weighted by atomic mass is 10.2. The molecule has 1 aromatic heterocycles. The van der Waals surface area contributed by atoms with Crippen LogP contribution < -0.4 is 21.7 Å². The number of amides is 3. The summed E-state index contributed by atoms with van der Waals surface area (Å²) in [5.74, 6) is -2.23. The molecule has 0 aliphatic heterocycles. The van der Waals surface area contributed by atoms with Crippen molar-refractivity contribution in [2.75, 3.05) is 17.2 Å². The molecule has 0 radical (unpaired) electrons. The van der Waals surface area contributed by atoms with Crippen molar-refractivity contribution in [3.8, 4) is 0 Å². The minimum atomic E-state index is -0.842. The Bertz CT molecular complexity index is 1070. The van der Waals surface area contributed by atoms with Gasteiger partial charge >= 0.3 is 0 Å². The zero-order valence-electron chi connectivity index (χ0n) is 15.7. The highest BCUT2D eigenvalue weighted by Gasteiger charge is 2.27. The monoisotopic (exact) mass is 427 g/mol. The first-order chi connectivity index (χ1) is 14.4. The number of nitrogen functional groups attached to an aromatic ring is 1. The number of hydrogen-bond acceptors (Lipinski definition) is 6. The Morgan fingerprint density at radius 2 is 1.73 bits per heavy atom. The van der Waals surface area contributed by atoms with Crippen LogP contribution in [0, 0.1) is 5.82 Å². The van der Waals surface area contributed by atoms with E-state index in [1.54, 1.807) is 42.5 Å². The second kappa shape index (κ2) is 9.14. The van der Waals surface area contributed by atoms with Crippen LogP contribution in [0.3, 0.4) is 0 Å². The molecule has 0 saturated heterocycles. The maximum absolute atomic E-state index is 13.1. The van der Waals surface area contributed by atoms with Crippen molar-refractivity contribution in [2.24, 2.45) is 5.73 Å². The van der Waals surface area contributed by atoms with Crippen LogP contribution in [0.4, 0.5) is 15.8 Å². The predicted molar refractivity (Wildman–Crippen MR) is 111 cm³/mol. The zero-order valence-corrected chi connectivity index (χ0v) is 16.5. The molecule has 154 valence electrons. The molecule has 0 unspecified atom stereocenters. The van der Waals surface area contributed by atoms with Crippen LogP contribution in [0.5, 0.6) is 0 Å². The first kappa shape index (κ1) is 20.9. The van der Waals surface area contributed by atoms with Crippen molar-refractivity contribution in [3.63, 3.8) is 0 Å². The van der Waals surface area contributed by atoms with Crippen LogP contribution in [-0.4, -0.2) is 28.6 Å². The number of carbonyl (C=O) groups excluding carboxylic acids is 3. The van der Waals surface area contributed by atoms with Crippen molar-refractivity contribution < 1.29 is 18.8 Å². The van der Waals surface area contributed by atoms with Gasteiger partial charge in [-0.3, -0.25) is 19.3 Å². The standard InChI is InChI=1S/C20H18FN5O3S/c21-13-8-6-12(7-9-13)10-24-15(27)11-26(14-4-2-1-3-5-14)20(29)18-16(22)17(19(23)28)25-30-18/h1-9H,10-11,22H2,(H2,23,28)(H,24,27). The number of halogens is 1. The summed E-state index contributed by atoms with van der Waals surface area (Å²) < 4.78 is 16.8. The lowest BCUT2D eigenvalue weighted by Crippen LogP contribution is -2.40. The fourth-order valence-electron chi connectivity index (χ4n) is 2.64. The average molecular weight is 427 g/mol. The third-order valence-corrected chi connectivity index (χ3v) is 5.02. The molecule has 30 heavy (non-hydrogen) atoms. The summed E-state index contributed by atoms with van der Waals surface area (Å²) in [5.41, 5.74) is 12.0. The number of para-hydroxylation sites is 1. The number of primary amides is 1. The fraction of sp³-hybridized carbons (Fsp3) is 0.100. The molecule has 2 aromatic carbocycles. The van der Waals surface area contributed by atoms with Crippen LogP contribution >= 0.6 is 11.5 Å². The van der Waals surface area contributed by atoms with E-state index in [0.29, 0.717) is 11.3 Å². The summed E-state index contributed by atoms with van der Waals surface area (Å²) in [5, 5.41) is 2.69. The Kier molecular flexibility index (Phi) is 6.38. The number of benzene rings is 2. The van der Waals surface area contributed by atoms with Gasteiger partial charge in [-0.05, 0) is 41.4 Å². The van der Waals surface area contributed by atoms with E-state index in [1.807, 2.05) is 0 Å². The van der Waals surface area contributed by atoms with Gasteiger partial charge in [0, 0.05) is 12.2 Å². The number of nitrogens with one attached hydrogen (secondary N) is 1. The number of anilines is 2. The number of aromatic nitrogens is 1. The Balaban J connectivity index is 1.79. The fourth-order valence-corrected chi connectivity index (χ4v) is 3.40. The van der Waals surface area contributed by atoms with Crippen molar-refractivity contribution in [3.05, 3.63) is 76.5 Å². The Labute approximate surface area is 175 Å². The molecule has 0 bridgehead atoms. The predicted octanol–water partition coefficient (Wildman–Crippen LogP) is 1.93. The molecular formula is C20H18FN5O3S. The highest BCUT2D eigenvalue weighted by molar-refractivity contribution is 7.09. The Morgan fingerprint density at radius 3 is 2.33 bits per heavy atom. The normalized spacial score (nSPS) is 10.4. The summed E-state index contributed by atoms with van der Waals surface area (Å²) in [7, 11) is 0. The Morgan fingerprint density at radius 1 is 1.07 bits per heavy atom. The van der Waals surface area contributed by atoms with Gasteiger partial charge in [0.2, 0.25) is 5.91 Å². The molecule has 3 rings (SSSR count). The Hall–Kier alpha value is -3.79. The van der Waals surface area contributed by atoms with Gasteiger partial charge in [-0.1, -0.05) is 30.3 Å². The van der Waals surface area contributed by atoms with Crippen molar-refractivity contribution in [2.45, 2.75) is 6.54 Å². The van der Waals surface area contributed by atoms with Gasteiger partial charge in [-0.15, -0.1) is 0 Å². The molecule has 5 N–H and O–H groups in total. The maximum atomic E-state index is 13.1. The van der Waals surface area contributed by atoms with Crippen LogP contribution in [0.15, 0.2) is 54.6 Å². The van der Waals surface area contributed by atoms with E-state index in [9.17, 15) is 18.8 Å². The quantitative estimate of drug-likeness (QED) is 0.530. The zero-order chi connectivity index (χ0) is 21.7. The first-order valence-corrected chi connectivity index (χ1v) is 9.57. The molecule has 0 saturated carbocycles. The van der Waals surface area contributed by atoms with Crippen LogP contribution in [0.1, 0.15) is 25.7 Å². The van der Waals surface area contributed by atoms with Gasteiger partial charge in [0.1, 0.15) is 17.2 Å². The van der Waals surface area contributed by atoms with Crippen molar-refractivity contribution in [1.82, 2.24) is 9.69 Å². The highest BCUT2D eigenvalue weighted by Crippen LogP contribution is 2.25. The summed E-state index contributed by atoms with van der Waals surface area (Å²) in [4.78, 5) is 38.2. The van der Waals surface area contributed by atoms with Gasteiger partial charge in [-0.2, -0.15) is 4.37 Å². The molecule has 10 heteroatoms. The van der Waals surface area contributed by atoms with Gasteiger partial charge in [-0.25, -0.2) is 4.39 Å². The van der Waals surface area contributed by atoms with E-state index in [2.05, 4.69) is 9.69 Å². The van der Waals surface area contributed by atoms with Gasteiger partial charge in [0.25, 0.3) is 11.8 Å². The number of nitrogens with zero attached hydrogens (tertiary/aromatic N) is 2. The van der Waals surface area contributed by atoms with Crippen LogP contribution in [-0.2, 0) is 11.3 Å². The number of rotatable bonds is 7. The molecule has 0 atom stereocenters. The number of carbonyl (C=O) groups is 3. The van der Waals surface area contributed by atoms with Crippen molar-refractivity contribution >= 4 is 40.6 Å². The largest absolute Gasteiger partial charge is 0.395 e. The van der Waals surface area contributed by atoms with Gasteiger partial charge in [0.15, 0.2) is 5.69 Å². The van der Waals surface area contributed by atoms with Gasteiger partial charge in [0.05, 0.1) is 5.69 Å². The van der Waals surface area contributed by atoms with E-state index in [1.165, 1.54) is 17.0 Å². The molecular weight excluding hydrogens is 409 g/mol. The average Bonchev–Trinajstić information content (AvgIpc) is 3.13. The van der Waals surface area contributed by atoms with Crippen molar-refractivity contribution in [1.29, 1.82) is 0 Å². The number of nitrogens with two attached hydrogens (primary N) is 2. The minimum Gasteiger partial charge on any atom is -0.395 e. The van der Waals surface area contributed by atoms with E-state index < -0.39 is 17.7 Å². The second-order valence-electron chi connectivity index (χ2n) is 6.27. The summed E-state index contributed by atoms with van der Waals surface area (Å²) in [6.45, 7) is -0.127. The molecule has 3 amide bonds. The SMILES string of the molecule is NC(=O)c1nsc(C(=O)N(CC(=O)NCc2ccc(F)cc2)c2ccccc2)c1N. The maximum Gasteiger partial charge on any atom is 0.272 e. The second-order valence-corrected chi connectivity index (χ2v) is 7.04. The van der Waals surface area contributed by atoms with E-state index in [4.69, 9.17) is 11.5 Å². The topological polar surface area (TPSA) is 131 Å². The molecule has 0 aliphatic rings. The number of hydrogen-bond donors (Lipinski definition) is 3. The molecule has 0 aliphatic carbocycles. The third-order valence-electron chi connectivity index (χ3n) is 4.17. The van der Waals surface area contributed by atoms with E-state index in [-0.39, 0.29) is 35.2 Å². The van der Waals surface area contributed by atoms with E-state index in [0.717, 1.165) is 11.5 Å². The van der Waals surface area contributed by atoms with Crippen LogP contribution in [0.2, 0.25) is 0 Å². The highest BCUT2D eigenvalue weighted by atomic mass is 32.1. The van der Waals surface area contributed by atoms with Crippen LogP contribution in [0.25, 0.3) is 0 Å². The van der Waals surface area contributed by atoms with Gasteiger partial charge < -0.3 is 16.8 Å². The summed E-state index contributed by atoms with van der Waals surface area (Å²) >= 11 is 0.740. The molecule has 8 nitrogen and oxygen atoms in total. The molecule has 1 heterocycles. The lowest BCUT2D eigenvalue weighted by molar-refractivity contribution is -0.119. The summed E-state index contributed by atoms with van der Waals surface area (Å²) in [6.07, 6.45) is 0. The first-order valence-electron chi connectivity index (χ1n) is 8.80. The summed E-state index contributed by atoms with van der Waals surface area (Å²) in [6, 6.07) is 14.2. The lowest BCUT2D eigenvalue weighted by Gasteiger charge is -2.22. The molecule has 0 fully saturated rings. The third kappa shape index (κ3) is 4.78. The molecule has 3 aromatic rings. The minimum absolute atomic E-state index is 0.0130. The van der Waals surface area contributed by atoms with E-state index >= 15 is 0 Å². The molecule has 0 spiro atoms.